The number of hydrogen-bond donors (Lipinski definition) is 0. The molecule has 2 saturated carbocycles. The Labute approximate surface area is 272 Å². The molecule has 3 aromatic carbocycles. The zero-order chi connectivity index (χ0) is 31.1. The van der Waals surface area contributed by atoms with Crippen LogP contribution < -0.4 is 4.90 Å². The van der Waals surface area contributed by atoms with Crippen LogP contribution in [0.1, 0.15) is 32.7 Å². The van der Waals surface area contributed by atoms with Gasteiger partial charge in [0.05, 0.1) is 34.3 Å². The van der Waals surface area contributed by atoms with Gasteiger partial charge in [-0.05, 0) is 97.2 Å². The molecule has 6 atom stereocenters. The molecule has 7 nitrogen and oxygen atoms in total. The van der Waals surface area contributed by atoms with Gasteiger partial charge in [0.1, 0.15) is 0 Å². The van der Waals surface area contributed by atoms with E-state index < -0.39 is 12.6 Å². The summed E-state index contributed by atoms with van der Waals surface area (Å²) in [6, 6.07) is 18.9. The van der Waals surface area contributed by atoms with Gasteiger partial charge >= 0.3 is 5.97 Å². The number of carbonyl (C=O) groups excluding carboxylic acids is 4. The quantitative estimate of drug-likeness (QED) is 0.0924. The van der Waals surface area contributed by atoms with Crippen molar-refractivity contribution in [3.63, 3.8) is 0 Å². The molecule has 45 heavy (non-hydrogen) atoms. The van der Waals surface area contributed by atoms with Crippen LogP contribution in [0, 0.1) is 42.4 Å². The summed E-state index contributed by atoms with van der Waals surface area (Å²) in [7, 11) is 0. The molecule has 4 aromatic rings. The Morgan fingerprint density at radius 1 is 0.933 bits per heavy atom. The zero-order valence-corrected chi connectivity index (χ0v) is 26.4. The third kappa shape index (κ3) is 4.57. The number of benzene rings is 3. The Balaban J connectivity index is 1.09. The molecular formula is C36H26BrClN2O5. The fourth-order valence-corrected chi connectivity index (χ4v) is 8.39. The highest BCUT2D eigenvalue weighted by molar-refractivity contribution is 9.10. The molecule has 2 heterocycles. The first-order chi connectivity index (χ1) is 21.7. The number of esters is 1. The number of amides is 2. The van der Waals surface area contributed by atoms with Gasteiger partial charge < -0.3 is 4.74 Å². The van der Waals surface area contributed by atoms with Crippen LogP contribution in [0.25, 0.3) is 22.2 Å². The number of fused-ring (bicyclic) bond motifs is 1. The number of Topliss-reactive ketones (excluding diaryl/α,β-unsaturated/α-hetero) is 1. The van der Waals surface area contributed by atoms with Crippen LogP contribution >= 0.6 is 27.5 Å². The molecule has 9 heteroatoms. The normalized spacial score (nSPS) is 25.8. The van der Waals surface area contributed by atoms with Gasteiger partial charge in [-0.25, -0.2) is 9.78 Å². The molecule has 1 saturated heterocycles. The third-order valence-corrected chi connectivity index (χ3v) is 10.6. The summed E-state index contributed by atoms with van der Waals surface area (Å²) < 4.78 is 6.27. The Hall–Kier alpha value is -4.14. The predicted molar refractivity (Wildman–Crippen MR) is 173 cm³/mol. The van der Waals surface area contributed by atoms with E-state index in [0.29, 0.717) is 50.3 Å². The van der Waals surface area contributed by atoms with Crippen LogP contribution in [0.4, 0.5) is 5.69 Å². The van der Waals surface area contributed by atoms with Gasteiger partial charge in [0.25, 0.3) is 0 Å². The average molecular weight is 682 g/mol. The molecule has 9 rings (SSSR count). The minimum atomic E-state index is -0.655. The summed E-state index contributed by atoms with van der Waals surface area (Å²) in [4.78, 5) is 59.5. The first kappa shape index (κ1) is 28.3. The zero-order valence-electron chi connectivity index (χ0n) is 24.1. The largest absolute Gasteiger partial charge is 0.454 e. The third-order valence-electron chi connectivity index (χ3n) is 9.87. The molecule has 2 bridgehead atoms. The van der Waals surface area contributed by atoms with Crippen molar-refractivity contribution in [3.8, 4) is 11.3 Å². The first-order valence-electron chi connectivity index (χ1n) is 14.9. The highest BCUT2D eigenvalue weighted by Gasteiger charge is 2.67. The Kier molecular flexibility index (Phi) is 6.59. The number of carbonyl (C=O) groups is 4. The van der Waals surface area contributed by atoms with E-state index in [4.69, 9.17) is 21.3 Å². The lowest BCUT2D eigenvalue weighted by Crippen LogP contribution is -2.40. The van der Waals surface area contributed by atoms with E-state index in [1.54, 1.807) is 48.5 Å². The summed E-state index contributed by atoms with van der Waals surface area (Å²) in [5.41, 5.74) is 3.88. The minimum absolute atomic E-state index is 0.106. The van der Waals surface area contributed by atoms with Gasteiger partial charge in [-0.3, -0.25) is 19.3 Å². The monoisotopic (exact) mass is 680 g/mol. The average Bonchev–Trinajstić information content (AvgIpc) is 3.82. The molecule has 0 spiro atoms. The summed E-state index contributed by atoms with van der Waals surface area (Å²) in [6.07, 6.45) is 5.45. The van der Waals surface area contributed by atoms with Gasteiger partial charge in [0.2, 0.25) is 11.8 Å². The minimum Gasteiger partial charge on any atom is -0.454 e. The molecule has 2 amide bonds. The van der Waals surface area contributed by atoms with Crippen LogP contribution in [-0.4, -0.2) is 35.2 Å². The number of anilines is 1. The number of aryl methyl sites for hydroxylation is 1. The van der Waals surface area contributed by atoms with E-state index in [9.17, 15) is 19.2 Å². The van der Waals surface area contributed by atoms with Gasteiger partial charge in [0, 0.05) is 26.0 Å². The number of rotatable bonds is 6. The molecule has 0 radical (unpaired) electrons. The number of allylic oxidation sites excluding steroid dienone is 2. The summed E-state index contributed by atoms with van der Waals surface area (Å²) in [5, 5.41) is 1.09. The molecule has 4 aliphatic carbocycles. The number of pyridine rings is 1. The molecular weight excluding hydrogens is 656 g/mol. The highest BCUT2D eigenvalue weighted by Crippen LogP contribution is 2.65. The van der Waals surface area contributed by atoms with E-state index in [1.807, 2.05) is 25.1 Å². The second kappa shape index (κ2) is 10.5. The Morgan fingerprint density at radius 3 is 2.22 bits per heavy atom. The van der Waals surface area contributed by atoms with Crippen LogP contribution in [0.3, 0.4) is 0 Å². The lowest BCUT2D eigenvalue weighted by Gasteiger charge is -2.37. The van der Waals surface area contributed by atoms with E-state index >= 15 is 0 Å². The maximum Gasteiger partial charge on any atom is 0.339 e. The van der Waals surface area contributed by atoms with Gasteiger partial charge in [-0.2, -0.15) is 0 Å². The number of aromatic nitrogens is 1. The smallest absolute Gasteiger partial charge is 0.339 e. The molecule has 6 unspecified atom stereocenters. The number of imide groups is 1. The summed E-state index contributed by atoms with van der Waals surface area (Å²) in [6.45, 7) is 1.47. The van der Waals surface area contributed by atoms with Crippen molar-refractivity contribution < 1.29 is 23.9 Å². The molecule has 224 valence electrons. The van der Waals surface area contributed by atoms with Crippen molar-refractivity contribution in [1.29, 1.82) is 0 Å². The lowest BCUT2D eigenvalue weighted by molar-refractivity contribution is -0.124. The Bertz CT molecular complexity index is 1950. The van der Waals surface area contributed by atoms with Crippen molar-refractivity contribution >= 4 is 67.7 Å². The highest BCUT2D eigenvalue weighted by atomic mass is 79.9. The number of nitrogens with zero attached hydrogens (tertiary/aromatic N) is 2. The second-order valence-corrected chi connectivity index (χ2v) is 13.7. The summed E-state index contributed by atoms with van der Waals surface area (Å²) in [5.74, 6) is -0.335. The van der Waals surface area contributed by atoms with E-state index in [2.05, 4.69) is 28.1 Å². The van der Waals surface area contributed by atoms with Crippen LogP contribution in [0.15, 0.2) is 83.4 Å². The first-order valence-corrected chi connectivity index (χ1v) is 16.1. The maximum atomic E-state index is 13.6. The predicted octanol–water partition coefficient (Wildman–Crippen LogP) is 7.22. The number of ether oxygens (including phenoxy) is 1. The fourth-order valence-electron chi connectivity index (χ4n) is 7.69. The summed E-state index contributed by atoms with van der Waals surface area (Å²) >= 11 is 9.44. The molecule has 1 aliphatic heterocycles. The van der Waals surface area contributed by atoms with E-state index in [1.165, 1.54) is 4.90 Å². The van der Waals surface area contributed by atoms with Gasteiger partial charge in [-0.1, -0.05) is 51.8 Å². The van der Waals surface area contributed by atoms with E-state index in [0.717, 1.165) is 16.5 Å². The van der Waals surface area contributed by atoms with Crippen molar-refractivity contribution in [3.05, 3.63) is 105 Å². The van der Waals surface area contributed by atoms with Crippen molar-refractivity contribution in [1.82, 2.24) is 4.98 Å². The number of ketones is 1. The standard InChI is InChI=1S/C36H26BrClN2O5/c1-17-12-20(37)13-27-28(36(44)45-16-30(41)19-2-6-21(38)7-3-19)15-29(39-33(17)27)18-4-8-22(9-5-18)40-34(42)31-23-10-11-24(26-14-25(23)26)32(31)35(40)43/h2-13,15,23-26,31-32H,14,16H2,1H3. The lowest BCUT2D eigenvalue weighted by atomic mass is 9.63. The maximum absolute atomic E-state index is 13.6. The Morgan fingerprint density at radius 2 is 1.58 bits per heavy atom. The second-order valence-electron chi connectivity index (χ2n) is 12.4. The number of hydrogen-bond acceptors (Lipinski definition) is 6. The SMILES string of the molecule is Cc1cc(Br)cc2c(C(=O)OCC(=O)c3ccc(Cl)cc3)cc(-c3ccc(N4C(=O)C5C6C=CC(C7CC67)C5C4=O)cc3)nc12. The topological polar surface area (TPSA) is 93.6 Å². The van der Waals surface area contributed by atoms with Crippen molar-refractivity contribution in [2.24, 2.45) is 35.5 Å². The van der Waals surface area contributed by atoms with E-state index in [-0.39, 0.29) is 46.8 Å². The molecule has 5 aliphatic rings. The van der Waals surface area contributed by atoms with Crippen LogP contribution in [0.2, 0.25) is 5.02 Å². The molecule has 1 aromatic heterocycles. The van der Waals surface area contributed by atoms with Crippen LogP contribution in [0.5, 0.6) is 0 Å². The fraction of sp³-hybridized carbons (Fsp3) is 0.250. The molecule has 3 fully saturated rings. The van der Waals surface area contributed by atoms with Gasteiger partial charge in [0.15, 0.2) is 12.4 Å². The van der Waals surface area contributed by atoms with Crippen molar-refractivity contribution in [2.75, 3.05) is 11.5 Å². The van der Waals surface area contributed by atoms with Crippen LogP contribution in [-0.2, 0) is 14.3 Å². The van der Waals surface area contributed by atoms with Crippen molar-refractivity contribution in [2.45, 2.75) is 13.3 Å². The van der Waals surface area contributed by atoms with Gasteiger partial charge in [-0.15, -0.1) is 0 Å². The molecule has 0 N–H and O–H groups in total. The number of halogens is 2.